The molecule has 0 aliphatic rings. The maximum Gasteiger partial charge on any atom is 0.258 e. The molecule has 0 unspecified atom stereocenters. The van der Waals surface area contributed by atoms with E-state index in [0.717, 1.165) is 16.6 Å². The van der Waals surface area contributed by atoms with Gasteiger partial charge in [0.1, 0.15) is 5.52 Å². The zero-order chi connectivity index (χ0) is 18.3. The van der Waals surface area contributed by atoms with Gasteiger partial charge in [-0.05, 0) is 51.5 Å². The summed E-state index contributed by atoms with van der Waals surface area (Å²) in [7, 11) is 0. The summed E-state index contributed by atoms with van der Waals surface area (Å²) in [6, 6.07) is 12.6. The highest BCUT2D eigenvalue weighted by atomic mass is 16.5. The SMILES string of the molecule is Cc1cc(C)cc(Cc2noc(-c3ccc4c(c3)nnn4C(C)C)n2)c1. The Kier molecular flexibility index (Phi) is 4.03. The highest BCUT2D eigenvalue weighted by molar-refractivity contribution is 5.79. The van der Waals surface area contributed by atoms with Crippen molar-refractivity contribution in [3.8, 4) is 11.5 Å². The van der Waals surface area contributed by atoms with Crippen LogP contribution in [0.15, 0.2) is 40.9 Å². The molecule has 0 fully saturated rings. The van der Waals surface area contributed by atoms with Gasteiger partial charge < -0.3 is 4.52 Å². The van der Waals surface area contributed by atoms with Crippen LogP contribution in [-0.2, 0) is 6.42 Å². The van der Waals surface area contributed by atoms with Gasteiger partial charge in [0.05, 0.1) is 5.52 Å². The lowest BCUT2D eigenvalue weighted by atomic mass is 10.1. The molecule has 0 N–H and O–H groups in total. The van der Waals surface area contributed by atoms with Gasteiger partial charge >= 0.3 is 0 Å². The van der Waals surface area contributed by atoms with Crippen LogP contribution in [0.25, 0.3) is 22.5 Å². The highest BCUT2D eigenvalue weighted by Crippen LogP contribution is 2.24. The van der Waals surface area contributed by atoms with Crippen LogP contribution in [0.1, 0.15) is 42.4 Å². The van der Waals surface area contributed by atoms with Crippen LogP contribution >= 0.6 is 0 Å². The van der Waals surface area contributed by atoms with Crippen molar-refractivity contribution in [1.29, 1.82) is 0 Å². The van der Waals surface area contributed by atoms with Gasteiger partial charge in [-0.15, -0.1) is 5.10 Å². The lowest BCUT2D eigenvalue weighted by molar-refractivity contribution is 0.424. The fourth-order valence-electron chi connectivity index (χ4n) is 3.25. The average molecular weight is 347 g/mol. The van der Waals surface area contributed by atoms with Crippen LogP contribution in [0.5, 0.6) is 0 Å². The zero-order valence-electron chi connectivity index (χ0n) is 15.4. The molecule has 0 atom stereocenters. The fraction of sp³-hybridized carbons (Fsp3) is 0.300. The standard InChI is InChI=1S/C20H21N5O/c1-12(2)25-18-6-5-16(11-17(18)22-24-25)20-21-19(23-26-20)10-15-8-13(3)7-14(4)9-15/h5-9,11-12H,10H2,1-4H3. The third-order valence-electron chi connectivity index (χ3n) is 4.32. The van der Waals surface area contributed by atoms with Crippen molar-refractivity contribution >= 4 is 11.0 Å². The van der Waals surface area contributed by atoms with E-state index in [1.807, 2.05) is 22.9 Å². The van der Waals surface area contributed by atoms with E-state index >= 15 is 0 Å². The third kappa shape index (κ3) is 3.10. The van der Waals surface area contributed by atoms with Crippen molar-refractivity contribution in [2.45, 2.75) is 40.2 Å². The summed E-state index contributed by atoms with van der Waals surface area (Å²) in [6.45, 7) is 8.36. The number of aryl methyl sites for hydroxylation is 2. The Balaban J connectivity index is 1.62. The molecule has 132 valence electrons. The predicted octanol–water partition coefficient (Wildman–Crippen LogP) is 4.27. The molecular weight excluding hydrogens is 326 g/mol. The lowest BCUT2D eigenvalue weighted by Crippen LogP contribution is -2.02. The van der Waals surface area contributed by atoms with Crippen LogP contribution in [0.3, 0.4) is 0 Å². The molecule has 2 heterocycles. The summed E-state index contributed by atoms with van der Waals surface area (Å²) in [6.07, 6.45) is 0.651. The van der Waals surface area contributed by atoms with Gasteiger partial charge in [0.2, 0.25) is 0 Å². The molecule has 0 radical (unpaired) electrons. The van der Waals surface area contributed by atoms with Gasteiger partial charge in [0.15, 0.2) is 5.82 Å². The van der Waals surface area contributed by atoms with Gasteiger partial charge in [-0.25, -0.2) is 4.68 Å². The van der Waals surface area contributed by atoms with Gasteiger partial charge in [-0.3, -0.25) is 0 Å². The largest absolute Gasteiger partial charge is 0.334 e. The molecule has 0 aliphatic heterocycles. The molecule has 0 bridgehead atoms. The quantitative estimate of drug-likeness (QED) is 0.551. The fourth-order valence-corrected chi connectivity index (χ4v) is 3.25. The summed E-state index contributed by atoms with van der Waals surface area (Å²) >= 11 is 0. The topological polar surface area (TPSA) is 69.6 Å². The third-order valence-corrected chi connectivity index (χ3v) is 4.32. The Morgan fingerprint density at radius 2 is 1.81 bits per heavy atom. The number of fused-ring (bicyclic) bond motifs is 1. The first-order valence-electron chi connectivity index (χ1n) is 8.74. The van der Waals surface area contributed by atoms with Gasteiger partial charge in [0.25, 0.3) is 5.89 Å². The van der Waals surface area contributed by atoms with E-state index in [0.29, 0.717) is 18.1 Å². The number of benzene rings is 2. The Labute approximate surface area is 151 Å². The molecule has 0 spiro atoms. The molecule has 6 nitrogen and oxygen atoms in total. The molecule has 2 aromatic carbocycles. The van der Waals surface area contributed by atoms with Gasteiger partial charge in [0, 0.05) is 18.0 Å². The first-order chi connectivity index (χ1) is 12.5. The zero-order valence-corrected chi connectivity index (χ0v) is 15.4. The van der Waals surface area contributed by atoms with Crippen LogP contribution in [0.4, 0.5) is 0 Å². The summed E-state index contributed by atoms with van der Waals surface area (Å²) in [5, 5.41) is 12.6. The first kappa shape index (κ1) is 16.4. The molecule has 6 heteroatoms. The maximum atomic E-state index is 5.47. The van der Waals surface area contributed by atoms with E-state index < -0.39 is 0 Å². The molecule has 0 saturated heterocycles. The van der Waals surface area contributed by atoms with E-state index in [2.05, 4.69) is 66.3 Å². The molecule has 26 heavy (non-hydrogen) atoms. The van der Waals surface area contributed by atoms with E-state index in [1.165, 1.54) is 16.7 Å². The van der Waals surface area contributed by atoms with Gasteiger partial charge in [-0.2, -0.15) is 4.98 Å². The monoisotopic (exact) mass is 347 g/mol. The van der Waals surface area contributed by atoms with Crippen molar-refractivity contribution in [3.63, 3.8) is 0 Å². The van der Waals surface area contributed by atoms with Crippen LogP contribution in [0, 0.1) is 13.8 Å². The van der Waals surface area contributed by atoms with Crippen molar-refractivity contribution < 1.29 is 4.52 Å². The molecule has 4 rings (SSSR count). The Hall–Kier alpha value is -3.02. The summed E-state index contributed by atoms with van der Waals surface area (Å²) < 4.78 is 7.37. The van der Waals surface area contributed by atoms with Crippen molar-refractivity contribution in [2.75, 3.05) is 0 Å². The predicted molar refractivity (Wildman–Crippen MR) is 99.9 cm³/mol. The average Bonchev–Trinajstić information content (AvgIpc) is 3.19. The first-order valence-corrected chi connectivity index (χ1v) is 8.74. The van der Waals surface area contributed by atoms with E-state index in [-0.39, 0.29) is 6.04 Å². The normalized spacial score (nSPS) is 11.6. The second-order valence-corrected chi connectivity index (χ2v) is 7.02. The van der Waals surface area contributed by atoms with Gasteiger partial charge in [-0.1, -0.05) is 39.7 Å². The van der Waals surface area contributed by atoms with Crippen molar-refractivity contribution in [1.82, 2.24) is 25.1 Å². The van der Waals surface area contributed by atoms with Crippen molar-refractivity contribution in [2.24, 2.45) is 0 Å². The Morgan fingerprint density at radius 1 is 1.04 bits per heavy atom. The molecule has 0 amide bonds. The highest BCUT2D eigenvalue weighted by Gasteiger charge is 2.13. The number of nitrogens with zero attached hydrogens (tertiary/aromatic N) is 5. The second kappa shape index (κ2) is 6.37. The number of rotatable bonds is 4. The maximum absolute atomic E-state index is 5.47. The second-order valence-electron chi connectivity index (χ2n) is 7.02. The Morgan fingerprint density at radius 3 is 2.54 bits per heavy atom. The minimum atomic E-state index is 0.263. The molecule has 4 aromatic rings. The smallest absolute Gasteiger partial charge is 0.258 e. The van der Waals surface area contributed by atoms with E-state index in [1.54, 1.807) is 0 Å². The minimum Gasteiger partial charge on any atom is -0.334 e. The molecule has 0 saturated carbocycles. The van der Waals surface area contributed by atoms with Crippen LogP contribution < -0.4 is 0 Å². The summed E-state index contributed by atoms with van der Waals surface area (Å²) in [5.74, 6) is 1.18. The molecule has 2 aromatic heterocycles. The van der Waals surface area contributed by atoms with Crippen LogP contribution in [-0.4, -0.2) is 25.1 Å². The molecule has 0 aliphatic carbocycles. The van der Waals surface area contributed by atoms with E-state index in [4.69, 9.17) is 4.52 Å². The molecular formula is C20H21N5O. The Bertz CT molecular complexity index is 1060. The lowest BCUT2D eigenvalue weighted by Gasteiger charge is -2.04. The number of hydrogen-bond acceptors (Lipinski definition) is 5. The van der Waals surface area contributed by atoms with E-state index in [9.17, 15) is 0 Å². The van der Waals surface area contributed by atoms with Crippen molar-refractivity contribution in [3.05, 3.63) is 58.9 Å². The minimum absolute atomic E-state index is 0.263. The number of hydrogen-bond donors (Lipinski definition) is 0. The summed E-state index contributed by atoms with van der Waals surface area (Å²) in [4.78, 5) is 4.55. The van der Waals surface area contributed by atoms with Crippen LogP contribution in [0.2, 0.25) is 0 Å². The number of aromatic nitrogens is 5. The summed E-state index contributed by atoms with van der Waals surface area (Å²) in [5.41, 5.74) is 6.34.